The van der Waals surface area contributed by atoms with E-state index in [1.807, 2.05) is 0 Å². The van der Waals surface area contributed by atoms with Crippen LogP contribution in [-0.4, -0.2) is 32.7 Å². The number of hydrogen-bond acceptors (Lipinski definition) is 4. The molecule has 0 radical (unpaired) electrons. The van der Waals surface area contributed by atoms with E-state index in [0.717, 1.165) is 30.0 Å². The number of amides is 1. The van der Waals surface area contributed by atoms with E-state index < -0.39 is 29.1 Å². The van der Waals surface area contributed by atoms with Gasteiger partial charge in [0.15, 0.2) is 5.82 Å². The summed E-state index contributed by atoms with van der Waals surface area (Å²) in [5.41, 5.74) is -0.413. The van der Waals surface area contributed by atoms with Crippen molar-refractivity contribution in [2.75, 3.05) is 6.54 Å². The maximum Gasteiger partial charge on any atom is 0.303 e. The van der Waals surface area contributed by atoms with E-state index in [2.05, 4.69) is 0 Å². The van der Waals surface area contributed by atoms with Crippen LogP contribution in [0.5, 0.6) is 0 Å². The molecule has 1 saturated heterocycles. The number of nitrogens with zero attached hydrogens (tertiary/aromatic N) is 1. The van der Waals surface area contributed by atoms with E-state index in [0.29, 0.717) is 0 Å². The summed E-state index contributed by atoms with van der Waals surface area (Å²) < 4.78 is 27.8. The van der Waals surface area contributed by atoms with E-state index in [9.17, 15) is 18.4 Å². The first-order valence-corrected chi connectivity index (χ1v) is 8.02. The molecule has 0 saturated carbocycles. The zero-order valence-corrected chi connectivity index (χ0v) is 13.9. The fourth-order valence-electron chi connectivity index (χ4n) is 1.89. The van der Waals surface area contributed by atoms with E-state index in [1.165, 1.54) is 4.90 Å². The van der Waals surface area contributed by atoms with Gasteiger partial charge in [0.25, 0.3) is 5.91 Å². The van der Waals surface area contributed by atoms with Crippen LogP contribution in [-0.2, 0) is 9.59 Å². The Hall–Kier alpha value is -1.51. The fraction of sp³-hybridized carbons (Fsp3) is 0.214. The van der Waals surface area contributed by atoms with Gasteiger partial charge in [0.1, 0.15) is 10.1 Å². The van der Waals surface area contributed by atoms with Crippen LogP contribution in [0.3, 0.4) is 0 Å². The molecule has 4 nitrogen and oxygen atoms in total. The standard InChI is InChI=1S/C14H10ClF2NO3S2/c15-8-3-4-9(16)7(12(8)17)6-10-13(21)18(14(22)23-10)5-1-2-11(19)20/h3-4,6H,1-2,5H2,(H,19,20)/b10-6-. The largest absolute Gasteiger partial charge is 0.481 e. The van der Waals surface area contributed by atoms with Gasteiger partial charge in [-0.2, -0.15) is 0 Å². The summed E-state index contributed by atoms with van der Waals surface area (Å²) in [5.74, 6) is -3.29. The third-order valence-electron chi connectivity index (χ3n) is 3.00. The molecule has 1 fully saturated rings. The third-order valence-corrected chi connectivity index (χ3v) is 4.67. The van der Waals surface area contributed by atoms with Crippen molar-refractivity contribution in [1.82, 2.24) is 4.90 Å². The van der Waals surface area contributed by atoms with Gasteiger partial charge in [0.2, 0.25) is 0 Å². The highest BCUT2D eigenvalue weighted by Crippen LogP contribution is 2.34. The smallest absolute Gasteiger partial charge is 0.303 e. The summed E-state index contributed by atoms with van der Waals surface area (Å²) >= 11 is 11.6. The molecule has 1 heterocycles. The number of benzene rings is 1. The number of aliphatic carboxylic acids is 1. The predicted molar refractivity (Wildman–Crippen MR) is 88.1 cm³/mol. The zero-order chi connectivity index (χ0) is 17.1. The SMILES string of the molecule is O=C(O)CCCN1C(=O)/C(=C/c2c(F)ccc(Cl)c2F)SC1=S. The number of carbonyl (C=O) groups excluding carboxylic acids is 1. The second-order valence-corrected chi connectivity index (χ2v) is 6.67. The Balaban J connectivity index is 2.22. The van der Waals surface area contributed by atoms with E-state index >= 15 is 0 Å². The monoisotopic (exact) mass is 377 g/mol. The molecule has 0 bridgehead atoms. The van der Waals surface area contributed by atoms with Crippen LogP contribution in [0.15, 0.2) is 17.0 Å². The number of halogens is 3. The van der Waals surface area contributed by atoms with Crippen LogP contribution in [0.4, 0.5) is 8.78 Å². The lowest BCUT2D eigenvalue weighted by atomic mass is 10.1. The van der Waals surface area contributed by atoms with E-state index in [1.54, 1.807) is 0 Å². The van der Waals surface area contributed by atoms with Gasteiger partial charge in [-0.1, -0.05) is 35.6 Å². The fourth-order valence-corrected chi connectivity index (χ4v) is 3.34. The number of carboxylic acid groups (broad SMARTS) is 1. The lowest BCUT2D eigenvalue weighted by molar-refractivity contribution is -0.137. The molecule has 0 aromatic heterocycles. The average molecular weight is 378 g/mol. The van der Waals surface area contributed by atoms with Crippen LogP contribution < -0.4 is 0 Å². The highest BCUT2D eigenvalue weighted by molar-refractivity contribution is 8.26. The van der Waals surface area contributed by atoms with Crippen LogP contribution in [0.2, 0.25) is 5.02 Å². The van der Waals surface area contributed by atoms with Gasteiger partial charge < -0.3 is 5.11 Å². The number of thiocarbonyl (C=S) groups is 1. The number of rotatable bonds is 5. The van der Waals surface area contributed by atoms with E-state index in [4.69, 9.17) is 28.9 Å². The second kappa shape index (κ2) is 7.37. The molecule has 0 unspecified atom stereocenters. The third kappa shape index (κ3) is 4.07. The molecule has 1 aromatic carbocycles. The van der Waals surface area contributed by atoms with Gasteiger partial charge >= 0.3 is 5.97 Å². The van der Waals surface area contributed by atoms with Crippen molar-refractivity contribution in [3.63, 3.8) is 0 Å². The van der Waals surface area contributed by atoms with Crippen molar-refractivity contribution >= 4 is 57.9 Å². The maximum atomic E-state index is 13.9. The number of carbonyl (C=O) groups is 2. The van der Waals surface area contributed by atoms with Gasteiger partial charge in [0, 0.05) is 18.5 Å². The van der Waals surface area contributed by atoms with E-state index in [-0.39, 0.29) is 33.6 Å². The van der Waals surface area contributed by atoms with Gasteiger partial charge in [-0.15, -0.1) is 0 Å². The molecule has 1 aliphatic rings. The molecule has 1 N–H and O–H groups in total. The first kappa shape index (κ1) is 17.8. The molecule has 122 valence electrons. The van der Waals surface area contributed by atoms with Gasteiger partial charge in [-0.25, -0.2) is 8.78 Å². The van der Waals surface area contributed by atoms with Crippen molar-refractivity contribution in [1.29, 1.82) is 0 Å². The highest BCUT2D eigenvalue weighted by Gasteiger charge is 2.32. The summed E-state index contributed by atoms with van der Waals surface area (Å²) in [7, 11) is 0. The summed E-state index contributed by atoms with van der Waals surface area (Å²) in [6.45, 7) is 0.134. The zero-order valence-electron chi connectivity index (χ0n) is 11.5. The summed E-state index contributed by atoms with van der Waals surface area (Å²) in [6, 6.07) is 2.09. The maximum absolute atomic E-state index is 13.9. The lowest BCUT2D eigenvalue weighted by Crippen LogP contribution is -2.29. The quantitative estimate of drug-likeness (QED) is 0.482. The van der Waals surface area contributed by atoms with Crippen LogP contribution in [0.25, 0.3) is 6.08 Å². The topological polar surface area (TPSA) is 57.6 Å². The molecule has 1 aliphatic heterocycles. The first-order valence-electron chi connectivity index (χ1n) is 6.42. The Morgan fingerprint density at radius 1 is 1.43 bits per heavy atom. The van der Waals surface area contributed by atoms with Gasteiger partial charge in [0.05, 0.1) is 9.93 Å². The van der Waals surface area contributed by atoms with Crippen molar-refractivity contribution in [2.45, 2.75) is 12.8 Å². The summed E-state index contributed by atoms with van der Waals surface area (Å²) in [6.07, 6.45) is 1.19. The Morgan fingerprint density at radius 2 is 2.13 bits per heavy atom. The van der Waals surface area contributed by atoms with Crippen LogP contribution in [0.1, 0.15) is 18.4 Å². The van der Waals surface area contributed by atoms with Crippen molar-refractivity contribution < 1.29 is 23.5 Å². The lowest BCUT2D eigenvalue weighted by Gasteiger charge is -2.13. The summed E-state index contributed by atoms with van der Waals surface area (Å²) in [4.78, 5) is 24.0. The summed E-state index contributed by atoms with van der Waals surface area (Å²) in [5, 5.41) is 8.35. The van der Waals surface area contributed by atoms with Crippen molar-refractivity contribution in [3.05, 3.63) is 39.3 Å². The number of thioether (sulfide) groups is 1. The normalized spacial score (nSPS) is 16.5. The first-order chi connectivity index (χ1) is 10.8. The number of carboxylic acids is 1. The van der Waals surface area contributed by atoms with Crippen molar-refractivity contribution in [3.8, 4) is 0 Å². The molecule has 1 amide bonds. The molecule has 23 heavy (non-hydrogen) atoms. The van der Waals surface area contributed by atoms with Crippen molar-refractivity contribution in [2.24, 2.45) is 0 Å². The average Bonchev–Trinajstić information content (AvgIpc) is 2.74. The van der Waals surface area contributed by atoms with Gasteiger partial charge in [-0.3, -0.25) is 14.5 Å². The van der Waals surface area contributed by atoms with Crippen LogP contribution in [0, 0.1) is 11.6 Å². The molecule has 0 atom stereocenters. The molecule has 9 heteroatoms. The number of hydrogen-bond donors (Lipinski definition) is 1. The Labute approximate surface area is 145 Å². The minimum absolute atomic E-state index is 0.0605. The molecular formula is C14H10ClF2NO3S2. The molecule has 0 spiro atoms. The minimum atomic E-state index is -0.978. The molecule has 0 aliphatic carbocycles. The van der Waals surface area contributed by atoms with Crippen LogP contribution >= 0.6 is 35.6 Å². The Kier molecular flexibility index (Phi) is 5.72. The minimum Gasteiger partial charge on any atom is -0.481 e. The van der Waals surface area contributed by atoms with Gasteiger partial charge in [-0.05, 0) is 24.6 Å². The molecular weight excluding hydrogens is 368 g/mol. The molecule has 1 aromatic rings. The second-order valence-electron chi connectivity index (χ2n) is 4.59. The molecule has 2 rings (SSSR count). The highest BCUT2D eigenvalue weighted by atomic mass is 35.5. The Bertz CT molecular complexity index is 724. The Morgan fingerprint density at radius 3 is 2.78 bits per heavy atom. The predicted octanol–water partition coefficient (Wildman–Crippen LogP) is 3.68.